The quantitative estimate of drug-likeness (QED) is 0.890. The van der Waals surface area contributed by atoms with E-state index in [1.54, 1.807) is 12.4 Å². The van der Waals surface area contributed by atoms with Crippen LogP contribution in [0.5, 0.6) is 0 Å². The molecule has 2 heterocycles. The molecule has 19 heavy (non-hydrogen) atoms. The van der Waals surface area contributed by atoms with Crippen LogP contribution in [0.15, 0.2) is 29.9 Å². The van der Waals surface area contributed by atoms with Gasteiger partial charge in [-0.25, -0.2) is 13.4 Å². The highest BCUT2D eigenvalue weighted by Crippen LogP contribution is 2.24. The molecule has 5 nitrogen and oxygen atoms in total. The van der Waals surface area contributed by atoms with E-state index in [0.717, 1.165) is 17.7 Å². The summed E-state index contributed by atoms with van der Waals surface area (Å²) in [4.78, 5) is 8.27. The fourth-order valence-corrected chi connectivity index (χ4v) is 3.70. The summed E-state index contributed by atoms with van der Waals surface area (Å²) >= 11 is 1.28. The summed E-state index contributed by atoms with van der Waals surface area (Å²) < 4.78 is 26.0. The number of pyridine rings is 1. The summed E-state index contributed by atoms with van der Waals surface area (Å²) in [5, 5.41) is 2.21. The number of thiazole rings is 1. The van der Waals surface area contributed by atoms with Crippen LogP contribution in [0.25, 0.3) is 11.3 Å². The Morgan fingerprint density at radius 3 is 2.95 bits per heavy atom. The maximum atomic E-state index is 11.7. The van der Waals surface area contributed by atoms with E-state index >= 15 is 0 Å². The minimum atomic E-state index is -3.28. The lowest BCUT2D eigenvalue weighted by Crippen LogP contribution is -2.16. The standard InChI is InChI=1S/C12H15N3O2S2/c1-2-3-7-19(16,17)15-12-14-11(9-18-12)10-5-4-6-13-8-10/h4-6,8-9H,2-3,7H2,1H3,(H,14,15). The molecular weight excluding hydrogens is 282 g/mol. The molecule has 102 valence electrons. The zero-order valence-electron chi connectivity index (χ0n) is 10.5. The van der Waals surface area contributed by atoms with Crippen molar-refractivity contribution in [3.63, 3.8) is 0 Å². The number of nitrogens with one attached hydrogen (secondary N) is 1. The molecule has 2 aromatic heterocycles. The Hall–Kier alpha value is -1.47. The first kappa shape index (κ1) is 14.0. The highest BCUT2D eigenvalue weighted by Gasteiger charge is 2.12. The first-order chi connectivity index (χ1) is 9.11. The van der Waals surface area contributed by atoms with Crippen molar-refractivity contribution in [1.82, 2.24) is 9.97 Å². The molecule has 0 aliphatic rings. The second-order valence-corrected chi connectivity index (χ2v) is 6.75. The van der Waals surface area contributed by atoms with E-state index in [1.165, 1.54) is 11.3 Å². The lowest BCUT2D eigenvalue weighted by molar-refractivity contribution is 0.598. The van der Waals surface area contributed by atoms with E-state index in [-0.39, 0.29) is 5.75 Å². The number of hydrogen-bond acceptors (Lipinski definition) is 5. The maximum Gasteiger partial charge on any atom is 0.234 e. The van der Waals surface area contributed by atoms with Crippen LogP contribution in [0, 0.1) is 0 Å². The summed E-state index contributed by atoms with van der Waals surface area (Å²) in [6.45, 7) is 1.96. The molecule has 0 saturated carbocycles. The molecule has 0 aromatic carbocycles. The van der Waals surface area contributed by atoms with Gasteiger partial charge in [0, 0.05) is 23.3 Å². The molecule has 0 spiro atoms. The van der Waals surface area contributed by atoms with Crippen molar-refractivity contribution in [2.24, 2.45) is 0 Å². The lowest BCUT2D eigenvalue weighted by Gasteiger charge is -2.03. The third-order valence-electron chi connectivity index (χ3n) is 2.47. The first-order valence-corrected chi connectivity index (χ1v) is 8.50. The number of unbranched alkanes of at least 4 members (excludes halogenated alkanes) is 1. The van der Waals surface area contributed by atoms with Crippen molar-refractivity contribution in [2.75, 3.05) is 10.5 Å². The Bertz CT molecular complexity index is 623. The molecule has 0 aliphatic heterocycles. The Kier molecular flexibility index (Phi) is 4.49. The SMILES string of the molecule is CCCCS(=O)(=O)Nc1nc(-c2cccnc2)cs1. The normalized spacial score (nSPS) is 11.4. The van der Waals surface area contributed by atoms with Gasteiger partial charge in [-0.2, -0.15) is 0 Å². The molecule has 2 rings (SSSR count). The fraction of sp³-hybridized carbons (Fsp3) is 0.333. The van der Waals surface area contributed by atoms with E-state index in [1.807, 2.05) is 24.4 Å². The lowest BCUT2D eigenvalue weighted by atomic mass is 10.2. The molecule has 0 unspecified atom stereocenters. The monoisotopic (exact) mass is 297 g/mol. The average Bonchev–Trinajstić information content (AvgIpc) is 2.85. The van der Waals surface area contributed by atoms with Gasteiger partial charge in [0.1, 0.15) is 0 Å². The highest BCUT2D eigenvalue weighted by atomic mass is 32.2. The Balaban J connectivity index is 2.10. The van der Waals surface area contributed by atoms with Gasteiger partial charge in [-0.3, -0.25) is 9.71 Å². The first-order valence-electron chi connectivity index (χ1n) is 5.97. The van der Waals surface area contributed by atoms with E-state index in [2.05, 4.69) is 14.7 Å². The van der Waals surface area contributed by atoms with Crippen LogP contribution in [0.2, 0.25) is 0 Å². The third kappa shape index (κ3) is 4.00. The maximum absolute atomic E-state index is 11.7. The van der Waals surface area contributed by atoms with Gasteiger partial charge in [-0.05, 0) is 18.6 Å². The van der Waals surface area contributed by atoms with Crippen LogP contribution in [0.4, 0.5) is 5.13 Å². The smallest absolute Gasteiger partial charge is 0.234 e. The van der Waals surface area contributed by atoms with Crippen LogP contribution < -0.4 is 4.72 Å². The zero-order valence-corrected chi connectivity index (χ0v) is 12.2. The van der Waals surface area contributed by atoms with E-state index in [4.69, 9.17) is 0 Å². The number of anilines is 1. The largest absolute Gasteiger partial charge is 0.264 e. The highest BCUT2D eigenvalue weighted by molar-refractivity contribution is 7.92. The number of rotatable bonds is 6. The summed E-state index contributed by atoms with van der Waals surface area (Å²) in [5.74, 6) is 0.130. The second kappa shape index (κ2) is 6.12. The van der Waals surface area contributed by atoms with Crippen molar-refractivity contribution in [2.45, 2.75) is 19.8 Å². The van der Waals surface area contributed by atoms with Gasteiger partial charge in [-0.1, -0.05) is 13.3 Å². The minimum absolute atomic E-state index is 0.130. The molecule has 0 atom stereocenters. The predicted octanol–water partition coefficient (Wildman–Crippen LogP) is 2.75. The summed E-state index contributed by atoms with van der Waals surface area (Å²) in [6, 6.07) is 3.71. The van der Waals surface area contributed by atoms with Gasteiger partial charge < -0.3 is 0 Å². The average molecular weight is 297 g/mol. The molecule has 0 radical (unpaired) electrons. The fourth-order valence-electron chi connectivity index (χ4n) is 1.49. The van der Waals surface area contributed by atoms with Crippen LogP contribution in [0.1, 0.15) is 19.8 Å². The summed E-state index contributed by atoms with van der Waals surface area (Å²) in [5.41, 5.74) is 1.60. The Morgan fingerprint density at radius 1 is 1.42 bits per heavy atom. The molecule has 0 aliphatic carbocycles. The molecule has 7 heteroatoms. The second-order valence-electron chi connectivity index (χ2n) is 4.05. The van der Waals surface area contributed by atoms with Gasteiger partial charge in [0.05, 0.1) is 11.4 Å². The van der Waals surface area contributed by atoms with Crippen LogP contribution in [0.3, 0.4) is 0 Å². The molecule has 0 fully saturated rings. The molecule has 0 saturated heterocycles. The van der Waals surface area contributed by atoms with Crippen molar-refractivity contribution in [3.05, 3.63) is 29.9 Å². The van der Waals surface area contributed by atoms with Gasteiger partial charge in [0.2, 0.25) is 10.0 Å². The number of hydrogen-bond donors (Lipinski definition) is 1. The van der Waals surface area contributed by atoms with Crippen molar-refractivity contribution >= 4 is 26.5 Å². The van der Waals surface area contributed by atoms with Crippen molar-refractivity contribution in [1.29, 1.82) is 0 Å². The Morgan fingerprint density at radius 2 is 2.26 bits per heavy atom. The Labute approximate surface area is 116 Å². The number of aromatic nitrogens is 2. The number of sulfonamides is 1. The molecule has 2 aromatic rings. The molecule has 1 N–H and O–H groups in total. The topological polar surface area (TPSA) is 72.0 Å². The molecule has 0 amide bonds. The third-order valence-corrected chi connectivity index (χ3v) is 4.69. The molecule has 0 bridgehead atoms. The van der Waals surface area contributed by atoms with Crippen LogP contribution in [-0.4, -0.2) is 24.1 Å². The zero-order chi connectivity index (χ0) is 13.7. The van der Waals surface area contributed by atoms with E-state index in [0.29, 0.717) is 11.6 Å². The number of nitrogens with zero attached hydrogens (tertiary/aromatic N) is 2. The minimum Gasteiger partial charge on any atom is -0.264 e. The van der Waals surface area contributed by atoms with E-state index < -0.39 is 10.0 Å². The predicted molar refractivity (Wildman–Crippen MR) is 77.7 cm³/mol. The van der Waals surface area contributed by atoms with E-state index in [9.17, 15) is 8.42 Å². The van der Waals surface area contributed by atoms with Gasteiger partial charge in [0.15, 0.2) is 5.13 Å². The van der Waals surface area contributed by atoms with Crippen LogP contribution >= 0.6 is 11.3 Å². The summed E-state index contributed by atoms with van der Waals surface area (Å²) in [7, 11) is -3.28. The van der Waals surface area contributed by atoms with Gasteiger partial charge in [0.25, 0.3) is 0 Å². The van der Waals surface area contributed by atoms with Gasteiger partial charge >= 0.3 is 0 Å². The van der Waals surface area contributed by atoms with Crippen molar-refractivity contribution in [3.8, 4) is 11.3 Å². The summed E-state index contributed by atoms with van der Waals surface area (Å²) in [6.07, 6.45) is 4.88. The molecular formula is C12H15N3O2S2. The van der Waals surface area contributed by atoms with Crippen molar-refractivity contribution < 1.29 is 8.42 Å². The van der Waals surface area contributed by atoms with Crippen LogP contribution in [-0.2, 0) is 10.0 Å². The van der Waals surface area contributed by atoms with Gasteiger partial charge in [-0.15, -0.1) is 11.3 Å².